The third kappa shape index (κ3) is 4.14. The van der Waals surface area contributed by atoms with Gasteiger partial charge in [-0.05, 0) is 91.6 Å². The zero-order chi connectivity index (χ0) is 23.4. The summed E-state index contributed by atoms with van der Waals surface area (Å²) in [5.41, 5.74) is 4.56. The summed E-state index contributed by atoms with van der Waals surface area (Å²) in [6, 6.07) is 0. The first-order chi connectivity index (χ1) is 14.8. The largest absolute Gasteiger partial charge is 0.393 e. The molecule has 0 radical (unpaired) electrons. The van der Waals surface area contributed by atoms with Crippen LogP contribution in [0.25, 0.3) is 6.08 Å². The maximum absolute atomic E-state index is 11.3. The van der Waals surface area contributed by atoms with Crippen molar-refractivity contribution in [1.29, 1.82) is 0 Å². The quantitative estimate of drug-likeness (QED) is 0.414. The Morgan fingerprint density at radius 3 is 2.52 bits per heavy atom. The molecule has 0 aromatic carbocycles. The van der Waals surface area contributed by atoms with E-state index in [1.54, 1.807) is 5.57 Å². The summed E-state index contributed by atoms with van der Waals surface area (Å²) >= 11 is 0. The molecule has 1 aromatic rings. The number of hydrogen-bond acceptors (Lipinski definition) is 3. The molecule has 172 valence electrons. The van der Waals surface area contributed by atoms with Crippen LogP contribution in [0.4, 0.5) is 0 Å². The number of terminal acetylenes is 1. The molecule has 0 aliphatic heterocycles. The van der Waals surface area contributed by atoms with Crippen LogP contribution in [-0.4, -0.2) is 27.7 Å². The minimum absolute atomic E-state index is 0.117. The van der Waals surface area contributed by atoms with Crippen LogP contribution in [-0.2, 0) is 11.2 Å². The lowest BCUT2D eigenvalue weighted by Crippen LogP contribution is -2.56. The predicted octanol–water partition coefficient (Wildman–Crippen LogP) is 5.68. The monoisotopic (exact) mass is 426 g/mol. The second kappa shape index (κ2) is 10.2. The van der Waals surface area contributed by atoms with Gasteiger partial charge in [0.1, 0.15) is 6.29 Å². The average molecular weight is 427 g/mol. The smallest absolute Gasteiger partial charge is 0.116 e. The van der Waals surface area contributed by atoms with E-state index in [1.807, 2.05) is 20.0 Å². The molecule has 1 aromatic heterocycles. The standard InChI is InChI=1S/C21H30N2O.C2H4O.C2H6.C2H2/c1-12-4-7-16-15-6-5-14-8-17-13(11-22-23-17)9-21(14,3)19(15)18(24)10-20(12,16)2;1-2-3;2*1-2/h8,11-12,15-16,18-19,24H,4-7,9-10H2,1-3H3,(H,22,23);2H,1H3;1-2H3;1-2H/t12-,15?,16?,18?,19?,20?,21?;;;/m1.../s1. The summed E-state index contributed by atoms with van der Waals surface area (Å²) in [5, 5.41) is 18.7. The van der Waals surface area contributed by atoms with Gasteiger partial charge in [-0.15, -0.1) is 12.8 Å². The van der Waals surface area contributed by atoms with Crippen molar-refractivity contribution in [3.8, 4) is 12.8 Å². The number of aromatic nitrogens is 2. The molecule has 4 heteroatoms. The fraction of sp³-hybridized carbons (Fsp3) is 0.704. The van der Waals surface area contributed by atoms with E-state index in [0.717, 1.165) is 31.0 Å². The predicted molar refractivity (Wildman–Crippen MR) is 128 cm³/mol. The zero-order valence-corrected chi connectivity index (χ0v) is 20.3. The van der Waals surface area contributed by atoms with Gasteiger partial charge < -0.3 is 9.90 Å². The number of aliphatic hydroxyl groups is 1. The molecule has 4 aliphatic rings. The number of allylic oxidation sites excluding steroid dienone is 1. The van der Waals surface area contributed by atoms with Crippen molar-refractivity contribution in [3.05, 3.63) is 23.0 Å². The SMILES string of the molecule is C#C.CC.CC=O.C[C@@H]1CCC2C3CCC4=Cc5[nH]ncc5CC4(C)C3C(O)CC21C. The van der Waals surface area contributed by atoms with Gasteiger partial charge >= 0.3 is 0 Å². The van der Waals surface area contributed by atoms with Crippen LogP contribution in [0.1, 0.15) is 84.9 Å². The van der Waals surface area contributed by atoms with E-state index >= 15 is 0 Å². The Labute approximate surface area is 189 Å². The summed E-state index contributed by atoms with van der Waals surface area (Å²) in [7, 11) is 0. The van der Waals surface area contributed by atoms with Crippen molar-refractivity contribution in [1.82, 2.24) is 10.2 Å². The lowest BCUT2D eigenvalue weighted by molar-refractivity contribution is -0.123. The van der Waals surface area contributed by atoms with Gasteiger partial charge in [-0.1, -0.05) is 40.2 Å². The van der Waals surface area contributed by atoms with Crippen molar-refractivity contribution in [2.24, 2.45) is 34.5 Å². The van der Waals surface area contributed by atoms with Gasteiger partial charge in [-0.3, -0.25) is 5.10 Å². The van der Waals surface area contributed by atoms with Crippen LogP contribution in [0.2, 0.25) is 0 Å². The Hall–Kier alpha value is -1.86. The lowest BCUT2D eigenvalue weighted by Gasteiger charge is -2.59. The molecule has 2 N–H and O–H groups in total. The topological polar surface area (TPSA) is 66.0 Å². The van der Waals surface area contributed by atoms with E-state index in [9.17, 15) is 5.11 Å². The molecule has 0 spiro atoms. The number of carbonyl (C=O) groups is 1. The number of aldehydes is 1. The summed E-state index contributed by atoms with van der Waals surface area (Å²) in [5.74, 6) is 2.68. The van der Waals surface area contributed by atoms with Gasteiger partial charge in [0.2, 0.25) is 0 Å². The van der Waals surface area contributed by atoms with Crippen LogP contribution in [0.5, 0.6) is 0 Å². The lowest BCUT2D eigenvalue weighted by atomic mass is 9.46. The fourth-order valence-electron chi connectivity index (χ4n) is 7.35. The molecule has 1 heterocycles. The molecule has 0 amide bonds. The number of nitrogens with zero attached hydrogens (tertiary/aromatic N) is 1. The number of rotatable bonds is 0. The molecule has 0 saturated heterocycles. The third-order valence-corrected chi connectivity index (χ3v) is 8.77. The van der Waals surface area contributed by atoms with Crippen molar-refractivity contribution in [3.63, 3.8) is 0 Å². The number of H-pyrrole nitrogens is 1. The molecule has 4 nitrogen and oxygen atoms in total. The maximum Gasteiger partial charge on any atom is 0.116 e. The summed E-state index contributed by atoms with van der Waals surface area (Å²) < 4.78 is 0. The molecule has 4 aliphatic carbocycles. The second-order valence-electron chi connectivity index (χ2n) is 9.90. The number of nitrogens with one attached hydrogen (secondary N) is 1. The van der Waals surface area contributed by atoms with Gasteiger partial charge in [0.05, 0.1) is 18.0 Å². The van der Waals surface area contributed by atoms with E-state index in [-0.39, 0.29) is 11.5 Å². The number of aromatic amines is 1. The first-order valence-electron chi connectivity index (χ1n) is 12.0. The number of fused-ring (bicyclic) bond motifs is 6. The maximum atomic E-state index is 11.3. The third-order valence-electron chi connectivity index (χ3n) is 8.77. The Morgan fingerprint density at radius 2 is 1.87 bits per heavy atom. The molecule has 3 saturated carbocycles. The molecule has 0 bridgehead atoms. The number of carbonyl (C=O) groups excluding carboxylic acids is 1. The van der Waals surface area contributed by atoms with Crippen LogP contribution in [0.3, 0.4) is 0 Å². The summed E-state index contributed by atoms with van der Waals surface area (Å²) in [4.78, 5) is 8.81. The first kappa shape index (κ1) is 25.4. The van der Waals surface area contributed by atoms with Gasteiger partial charge in [-0.2, -0.15) is 5.10 Å². The molecule has 7 atom stereocenters. The highest BCUT2D eigenvalue weighted by Crippen LogP contribution is 2.66. The van der Waals surface area contributed by atoms with Gasteiger partial charge in [0.25, 0.3) is 0 Å². The van der Waals surface area contributed by atoms with Crippen LogP contribution in [0.15, 0.2) is 11.8 Å². The second-order valence-corrected chi connectivity index (χ2v) is 9.90. The van der Waals surface area contributed by atoms with E-state index in [0.29, 0.717) is 17.3 Å². The first-order valence-corrected chi connectivity index (χ1v) is 12.0. The molecule has 31 heavy (non-hydrogen) atoms. The van der Waals surface area contributed by atoms with Crippen molar-refractivity contribution in [2.45, 2.75) is 86.2 Å². The average Bonchev–Trinajstić information content (AvgIpc) is 3.32. The highest BCUT2D eigenvalue weighted by atomic mass is 16.3. The Morgan fingerprint density at radius 1 is 1.23 bits per heavy atom. The van der Waals surface area contributed by atoms with Crippen molar-refractivity contribution < 1.29 is 9.90 Å². The zero-order valence-electron chi connectivity index (χ0n) is 20.3. The fourth-order valence-corrected chi connectivity index (χ4v) is 7.35. The number of aliphatic hydroxyl groups excluding tert-OH is 1. The number of hydrogen-bond donors (Lipinski definition) is 2. The normalized spacial score (nSPS) is 39.1. The Kier molecular flexibility index (Phi) is 8.34. The molecule has 3 fully saturated rings. The molecular formula is C27H42N2O2. The van der Waals surface area contributed by atoms with Gasteiger partial charge in [-0.25, -0.2) is 0 Å². The molecule has 5 rings (SSSR count). The molecular weight excluding hydrogens is 384 g/mol. The van der Waals surface area contributed by atoms with Crippen LogP contribution in [0, 0.1) is 47.3 Å². The van der Waals surface area contributed by atoms with Gasteiger partial charge in [0.15, 0.2) is 0 Å². The van der Waals surface area contributed by atoms with Crippen molar-refractivity contribution >= 4 is 12.4 Å². The van der Waals surface area contributed by atoms with E-state index in [1.165, 1.54) is 43.9 Å². The van der Waals surface area contributed by atoms with Gasteiger partial charge in [0, 0.05) is 0 Å². The van der Waals surface area contributed by atoms with Crippen LogP contribution >= 0.6 is 0 Å². The van der Waals surface area contributed by atoms with Crippen LogP contribution < -0.4 is 0 Å². The van der Waals surface area contributed by atoms with E-state index < -0.39 is 0 Å². The summed E-state index contributed by atoms with van der Waals surface area (Å²) in [6.45, 7) is 12.8. The highest BCUT2D eigenvalue weighted by molar-refractivity contribution is 5.58. The minimum Gasteiger partial charge on any atom is -0.393 e. The minimum atomic E-state index is -0.154. The van der Waals surface area contributed by atoms with E-state index in [2.05, 4.69) is 49.9 Å². The van der Waals surface area contributed by atoms with Crippen molar-refractivity contribution in [2.75, 3.05) is 0 Å². The molecule has 6 unspecified atom stereocenters. The Bertz CT molecular complexity index is 794. The van der Waals surface area contributed by atoms with E-state index in [4.69, 9.17) is 4.79 Å². The Balaban J connectivity index is 0.000000442. The highest BCUT2D eigenvalue weighted by Gasteiger charge is 2.61. The summed E-state index contributed by atoms with van der Waals surface area (Å²) in [6.07, 6.45) is 20.2.